The third-order valence-corrected chi connectivity index (χ3v) is 5.47. The maximum Gasteiger partial charge on any atom is 0.242 e. The summed E-state index contributed by atoms with van der Waals surface area (Å²) in [6, 6.07) is 6.29. The van der Waals surface area contributed by atoms with Crippen LogP contribution in [0.3, 0.4) is 0 Å². The summed E-state index contributed by atoms with van der Waals surface area (Å²) in [5.41, 5.74) is 0.785. The third-order valence-electron chi connectivity index (χ3n) is 4.21. The molecule has 0 saturated carbocycles. The maximum absolute atomic E-state index is 12.8. The Hall–Kier alpha value is -2.17. The van der Waals surface area contributed by atoms with Gasteiger partial charge in [0.1, 0.15) is 11.8 Å². The molecule has 0 aliphatic carbocycles. The number of amides is 2. The van der Waals surface area contributed by atoms with Crippen molar-refractivity contribution in [3.63, 3.8) is 0 Å². The maximum atomic E-state index is 12.8. The number of methoxy groups -OCH3 is 2. The zero-order chi connectivity index (χ0) is 21.3. The van der Waals surface area contributed by atoms with Crippen LogP contribution in [0.2, 0.25) is 0 Å². The van der Waals surface area contributed by atoms with Gasteiger partial charge in [0.2, 0.25) is 21.8 Å². The zero-order valence-electron chi connectivity index (χ0n) is 17.0. The average molecular weight is 416 g/mol. The molecule has 9 nitrogen and oxygen atoms in total. The van der Waals surface area contributed by atoms with Crippen molar-refractivity contribution >= 4 is 21.8 Å². The molecule has 0 aliphatic rings. The van der Waals surface area contributed by atoms with E-state index >= 15 is 0 Å². The van der Waals surface area contributed by atoms with Crippen LogP contribution in [0.5, 0.6) is 5.75 Å². The largest absolute Gasteiger partial charge is 0.497 e. The second-order valence-corrected chi connectivity index (χ2v) is 8.44. The summed E-state index contributed by atoms with van der Waals surface area (Å²) in [7, 11) is 0.875. The van der Waals surface area contributed by atoms with Crippen LogP contribution in [0.1, 0.15) is 12.5 Å². The highest BCUT2D eigenvalue weighted by Crippen LogP contribution is 2.15. The van der Waals surface area contributed by atoms with Crippen LogP contribution in [0.4, 0.5) is 0 Å². The van der Waals surface area contributed by atoms with Crippen molar-refractivity contribution in [3.05, 3.63) is 29.8 Å². The molecule has 0 aliphatic heterocycles. The van der Waals surface area contributed by atoms with Crippen molar-refractivity contribution in [2.45, 2.75) is 19.5 Å². The van der Waals surface area contributed by atoms with Crippen molar-refractivity contribution in [1.82, 2.24) is 14.5 Å². The van der Waals surface area contributed by atoms with Gasteiger partial charge >= 0.3 is 0 Å². The van der Waals surface area contributed by atoms with Crippen LogP contribution in [-0.2, 0) is 30.9 Å². The van der Waals surface area contributed by atoms with Gasteiger partial charge in [0.25, 0.3) is 0 Å². The van der Waals surface area contributed by atoms with E-state index in [1.54, 1.807) is 38.3 Å². The number of sulfonamides is 1. The molecule has 10 heteroatoms. The highest BCUT2D eigenvalue weighted by molar-refractivity contribution is 7.88. The monoisotopic (exact) mass is 415 g/mol. The van der Waals surface area contributed by atoms with E-state index in [-0.39, 0.29) is 19.0 Å². The number of carbonyl (C=O) groups excluding carboxylic acids is 2. The van der Waals surface area contributed by atoms with Gasteiger partial charge in [-0.25, -0.2) is 8.42 Å². The van der Waals surface area contributed by atoms with Crippen LogP contribution in [0, 0.1) is 0 Å². The van der Waals surface area contributed by atoms with Gasteiger partial charge in [-0.15, -0.1) is 0 Å². The topological polar surface area (TPSA) is 105 Å². The first-order valence-corrected chi connectivity index (χ1v) is 10.5. The molecule has 0 heterocycles. The molecule has 0 aromatic heterocycles. The predicted molar refractivity (Wildman–Crippen MR) is 105 cm³/mol. The highest BCUT2D eigenvalue weighted by atomic mass is 32.2. The smallest absolute Gasteiger partial charge is 0.242 e. The Labute approximate surface area is 166 Å². The molecule has 0 radical (unpaired) electrons. The minimum absolute atomic E-state index is 0.152. The summed E-state index contributed by atoms with van der Waals surface area (Å²) >= 11 is 0. The fourth-order valence-corrected chi connectivity index (χ4v) is 2.68. The Morgan fingerprint density at radius 2 is 1.79 bits per heavy atom. The van der Waals surface area contributed by atoms with Gasteiger partial charge in [-0.1, -0.05) is 12.1 Å². The predicted octanol–water partition coefficient (Wildman–Crippen LogP) is 0.0663. The van der Waals surface area contributed by atoms with Gasteiger partial charge in [0, 0.05) is 27.2 Å². The first kappa shape index (κ1) is 23.9. The first-order valence-electron chi connectivity index (χ1n) is 8.70. The Balaban J connectivity index is 3.00. The van der Waals surface area contributed by atoms with Gasteiger partial charge in [-0.2, -0.15) is 4.31 Å². The van der Waals surface area contributed by atoms with Crippen LogP contribution in [-0.4, -0.2) is 82.7 Å². The van der Waals surface area contributed by atoms with E-state index in [4.69, 9.17) is 9.47 Å². The normalized spacial score (nSPS) is 12.5. The van der Waals surface area contributed by atoms with E-state index in [0.29, 0.717) is 18.9 Å². The minimum Gasteiger partial charge on any atom is -0.497 e. The Kier molecular flexibility index (Phi) is 9.36. The summed E-state index contributed by atoms with van der Waals surface area (Å²) in [6.45, 7) is 2.06. The summed E-state index contributed by atoms with van der Waals surface area (Å²) in [6.07, 6.45) is 1.02. The molecule has 1 rings (SSSR count). The third kappa shape index (κ3) is 7.45. The quantitative estimate of drug-likeness (QED) is 0.513. The Morgan fingerprint density at radius 1 is 1.18 bits per heavy atom. The number of benzene rings is 1. The van der Waals surface area contributed by atoms with Crippen LogP contribution in [0.25, 0.3) is 0 Å². The van der Waals surface area contributed by atoms with Crippen molar-refractivity contribution in [2.75, 3.05) is 47.2 Å². The lowest BCUT2D eigenvalue weighted by atomic mass is 10.1. The van der Waals surface area contributed by atoms with Gasteiger partial charge in [0.05, 0.1) is 26.5 Å². The van der Waals surface area contributed by atoms with Crippen molar-refractivity contribution in [2.24, 2.45) is 0 Å². The van der Waals surface area contributed by atoms with E-state index in [2.05, 4.69) is 5.32 Å². The molecule has 1 aromatic carbocycles. The van der Waals surface area contributed by atoms with E-state index in [1.165, 1.54) is 19.1 Å². The molecule has 0 bridgehead atoms. The standard InChI is InChI=1S/C18H29N3O6S/c1-14(18(23)19-10-11-26-3)21(17(22)13-20(2)28(5,24)25)12-15-6-8-16(27-4)9-7-15/h6-9,14H,10-13H2,1-5H3,(H,19,23). The molecule has 158 valence electrons. The van der Waals surface area contributed by atoms with Gasteiger partial charge in [0.15, 0.2) is 0 Å². The highest BCUT2D eigenvalue weighted by Gasteiger charge is 2.28. The Morgan fingerprint density at radius 3 is 2.29 bits per heavy atom. The summed E-state index contributed by atoms with van der Waals surface area (Å²) in [5.74, 6) is -0.150. The first-order chi connectivity index (χ1) is 13.1. The molecule has 1 aromatic rings. The molecule has 1 unspecified atom stereocenters. The lowest BCUT2D eigenvalue weighted by Gasteiger charge is -2.30. The average Bonchev–Trinajstić information content (AvgIpc) is 2.65. The lowest BCUT2D eigenvalue weighted by Crippen LogP contribution is -2.50. The summed E-state index contributed by atoms with van der Waals surface area (Å²) < 4.78 is 34.3. The summed E-state index contributed by atoms with van der Waals surface area (Å²) in [4.78, 5) is 26.6. The number of likely N-dealkylation sites (N-methyl/N-ethyl adjacent to an activating group) is 1. The number of hydrogen-bond donors (Lipinski definition) is 1. The minimum atomic E-state index is -3.52. The van der Waals surface area contributed by atoms with Crippen molar-refractivity contribution in [1.29, 1.82) is 0 Å². The molecular weight excluding hydrogens is 386 g/mol. The second kappa shape index (κ2) is 11.0. The van der Waals surface area contributed by atoms with Gasteiger partial charge in [-0.3, -0.25) is 9.59 Å². The van der Waals surface area contributed by atoms with E-state index < -0.39 is 22.0 Å². The SMILES string of the molecule is COCCNC(=O)C(C)N(Cc1ccc(OC)cc1)C(=O)CN(C)S(C)(=O)=O. The van der Waals surface area contributed by atoms with E-state index in [0.717, 1.165) is 16.1 Å². The second-order valence-electron chi connectivity index (χ2n) is 6.35. The van der Waals surface area contributed by atoms with E-state index in [9.17, 15) is 18.0 Å². The molecule has 2 amide bonds. The van der Waals surface area contributed by atoms with E-state index in [1.807, 2.05) is 0 Å². The van der Waals surface area contributed by atoms with Crippen LogP contribution in [0.15, 0.2) is 24.3 Å². The van der Waals surface area contributed by atoms with Crippen molar-refractivity contribution in [3.8, 4) is 5.75 Å². The fourth-order valence-electron chi connectivity index (χ4n) is 2.33. The fraction of sp³-hybridized carbons (Fsp3) is 0.556. The molecule has 0 spiro atoms. The Bertz CT molecular complexity index is 751. The van der Waals surface area contributed by atoms with Gasteiger partial charge in [-0.05, 0) is 24.6 Å². The van der Waals surface area contributed by atoms with Gasteiger partial charge < -0.3 is 19.7 Å². The number of nitrogens with one attached hydrogen (secondary N) is 1. The lowest BCUT2D eigenvalue weighted by molar-refractivity contribution is -0.140. The van der Waals surface area contributed by atoms with Crippen LogP contribution >= 0.6 is 0 Å². The molecule has 28 heavy (non-hydrogen) atoms. The number of ether oxygens (including phenoxy) is 2. The molecule has 0 fully saturated rings. The molecule has 0 saturated heterocycles. The number of carbonyl (C=O) groups is 2. The number of nitrogens with zero attached hydrogens (tertiary/aromatic N) is 2. The zero-order valence-corrected chi connectivity index (χ0v) is 17.8. The number of rotatable bonds is 11. The molecule has 1 atom stereocenters. The van der Waals surface area contributed by atoms with Crippen molar-refractivity contribution < 1.29 is 27.5 Å². The molecular formula is C18H29N3O6S. The molecule has 1 N–H and O–H groups in total. The summed E-state index contributed by atoms with van der Waals surface area (Å²) in [5, 5.41) is 2.70. The van der Waals surface area contributed by atoms with Crippen LogP contribution < -0.4 is 10.1 Å². The number of hydrogen-bond acceptors (Lipinski definition) is 6.